The fourth-order valence-electron chi connectivity index (χ4n) is 2.85. The van der Waals surface area contributed by atoms with Crippen molar-refractivity contribution in [3.05, 3.63) is 23.9 Å². The number of esters is 1. The highest BCUT2D eigenvalue weighted by atomic mass is 16.5. The van der Waals surface area contributed by atoms with Crippen LogP contribution in [-0.2, 0) is 9.53 Å². The van der Waals surface area contributed by atoms with Gasteiger partial charge in [-0.25, -0.2) is 9.78 Å². The van der Waals surface area contributed by atoms with Crippen LogP contribution in [0.5, 0.6) is 0 Å². The highest BCUT2D eigenvalue weighted by Gasteiger charge is 2.41. The summed E-state index contributed by atoms with van der Waals surface area (Å²) in [6, 6.07) is 3.32. The van der Waals surface area contributed by atoms with E-state index >= 15 is 0 Å². The zero-order valence-corrected chi connectivity index (χ0v) is 12.3. The van der Waals surface area contributed by atoms with Gasteiger partial charge in [0.05, 0.1) is 12.5 Å². The molecule has 1 aliphatic rings. The second-order valence-corrected chi connectivity index (χ2v) is 5.33. The van der Waals surface area contributed by atoms with E-state index in [0.29, 0.717) is 37.3 Å². The molecule has 114 valence electrons. The SMILES string of the molecule is CCC1(C(=O)O)CCCN(c2ncccc2C(=O)OC)C1. The molecule has 0 saturated carbocycles. The quantitative estimate of drug-likeness (QED) is 0.854. The van der Waals surface area contributed by atoms with Gasteiger partial charge in [0.2, 0.25) is 0 Å². The van der Waals surface area contributed by atoms with Gasteiger partial charge in [-0.3, -0.25) is 4.79 Å². The summed E-state index contributed by atoms with van der Waals surface area (Å²) in [7, 11) is 1.32. The number of hydrogen-bond acceptors (Lipinski definition) is 5. The van der Waals surface area contributed by atoms with Crippen LogP contribution in [0, 0.1) is 5.41 Å². The molecule has 6 nitrogen and oxygen atoms in total. The molecule has 0 aromatic carbocycles. The van der Waals surface area contributed by atoms with Crippen molar-refractivity contribution in [2.75, 3.05) is 25.1 Å². The Bertz CT molecular complexity index is 546. The molecular weight excluding hydrogens is 272 g/mol. The zero-order chi connectivity index (χ0) is 15.5. The Morgan fingerprint density at radius 3 is 2.90 bits per heavy atom. The summed E-state index contributed by atoms with van der Waals surface area (Å²) in [4.78, 5) is 29.6. The van der Waals surface area contributed by atoms with Crippen LogP contribution in [0.25, 0.3) is 0 Å². The van der Waals surface area contributed by atoms with Gasteiger partial charge in [0.1, 0.15) is 11.4 Å². The fraction of sp³-hybridized carbons (Fsp3) is 0.533. The Labute approximate surface area is 123 Å². The molecule has 2 heterocycles. The summed E-state index contributed by atoms with van der Waals surface area (Å²) < 4.78 is 4.77. The number of rotatable bonds is 4. The number of ether oxygens (including phenoxy) is 1. The van der Waals surface area contributed by atoms with E-state index < -0.39 is 17.4 Å². The van der Waals surface area contributed by atoms with Gasteiger partial charge in [-0.2, -0.15) is 0 Å². The van der Waals surface area contributed by atoms with Gasteiger partial charge in [-0.1, -0.05) is 6.92 Å². The minimum Gasteiger partial charge on any atom is -0.481 e. The van der Waals surface area contributed by atoms with Gasteiger partial charge in [-0.15, -0.1) is 0 Å². The Kier molecular flexibility index (Phi) is 4.45. The van der Waals surface area contributed by atoms with E-state index in [0.717, 1.165) is 6.42 Å². The second kappa shape index (κ2) is 6.11. The maximum absolute atomic E-state index is 11.8. The van der Waals surface area contributed by atoms with Crippen LogP contribution in [0.15, 0.2) is 18.3 Å². The molecule has 6 heteroatoms. The third-order valence-electron chi connectivity index (χ3n) is 4.20. The maximum atomic E-state index is 11.8. The average Bonchev–Trinajstić information content (AvgIpc) is 2.53. The molecule has 0 bridgehead atoms. The molecule has 1 aromatic heterocycles. The number of hydrogen-bond donors (Lipinski definition) is 1. The van der Waals surface area contributed by atoms with Crippen LogP contribution >= 0.6 is 0 Å². The molecule has 1 unspecified atom stereocenters. The number of nitrogens with zero attached hydrogens (tertiary/aromatic N) is 2. The minimum absolute atomic E-state index is 0.361. The number of methoxy groups -OCH3 is 1. The molecule has 1 N–H and O–H groups in total. The summed E-state index contributed by atoms with van der Waals surface area (Å²) in [6.07, 6.45) is 3.57. The van der Waals surface area contributed by atoms with E-state index in [9.17, 15) is 14.7 Å². The van der Waals surface area contributed by atoms with Crippen molar-refractivity contribution in [3.63, 3.8) is 0 Å². The highest BCUT2D eigenvalue weighted by molar-refractivity contribution is 5.94. The van der Waals surface area contributed by atoms with Crippen LogP contribution < -0.4 is 4.90 Å². The zero-order valence-electron chi connectivity index (χ0n) is 12.3. The van der Waals surface area contributed by atoms with Gasteiger partial charge in [-0.05, 0) is 31.4 Å². The molecule has 0 amide bonds. The molecular formula is C15H20N2O4. The van der Waals surface area contributed by atoms with Gasteiger partial charge in [0.15, 0.2) is 0 Å². The predicted molar refractivity (Wildman–Crippen MR) is 77.4 cm³/mol. The second-order valence-electron chi connectivity index (χ2n) is 5.33. The largest absolute Gasteiger partial charge is 0.481 e. The predicted octanol–water partition coefficient (Wildman–Crippen LogP) is 1.95. The van der Waals surface area contributed by atoms with Crippen molar-refractivity contribution >= 4 is 17.8 Å². The third-order valence-corrected chi connectivity index (χ3v) is 4.20. The van der Waals surface area contributed by atoms with Crippen LogP contribution in [0.4, 0.5) is 5.82 Å². The van der Waals surface area contributed by atoms with E-state index in [4.69, 9.17) is 4.74 Å². The normalized spacial score (nSPS) is 21.9. The van der Waals surface area contributed by atoms with Crippen molar-refractivity contribution in [3.8, 4) is 0 Å². The Balaban J connectivity index is 2.34. The molecule has 1 saturated heterocycles. The number of carbonyl (C=O) groups is 2. The smallest absolute Gasteiger partial charge is 0.341 e. The van der Waals surface area contributed by atoms with E-state index in [1.807, 2.05) is 11.8 Å². The van der Waals surface area contributed by atoms with Gasteiger partial charge in [0, 0.05) is 19.3 Å². The number of anilines is 1. The van der Waals surface area contributed by atoms with E-state index in [1.165, 1.54) is 7.11 Å². The topological polar surface area (TPSA) is 79.7 Å². The van der Waals surface area contributed by atoms with Crippen LogP contribution in [0.1, 0.15) is 36.5 Å². The summed E-state index contributed by atoms with van der Waals surface area (Å²) in [5, 5.41) is 9.54. The van der Waals surface area contributed by atoms with E-state index in [2.05, 4.69) is 4.98 Å². The number of carboxylic acid groups (broad SMARTS) is 1. The van der Waals surface area contributed by atoms with Crippen molar-refractivity contribution < 1.29 is 19.4 Å². The van der Waals surface area contributed by atoms with E-state index in [-0.39, 0.29) is 0 Å². The van der Waals surface area contributed by atoms with Crippen molar-refractivity contribution in [2.45, 2.75) is 26.2 Å². The molecule has 21 heavy (non-hydrogen) atoms. The van der Waals surface area contributed by atoms with Gasteiger partial charge < -0.3 is 14.7 Å². The summed E-state index contributed by atoms with van der Waals surface area (Å²) in [5.41, 5.74) is -0.402. The lowest BCUT2D eigenvalue weighted by Crippen LogP contribution is -2.48. The third kappa shape index (κ3) is 2.84. The molecule has 1 fully saturated rings. The van der Waals surface area contributed by atoms with Gasteiger partial charge >= 0.3 is 11.9 Å². The van der Waals surface area contributed by atoms with Crippen LogP contribution in [-0.4, -0.2) is 42.2 Å². The number of carbonyl (C=O) groups excluding carboxylic acids is 1. The minimum atomic E-state index is -0.787. The first-order valence-electron chi connectivity index (χ1n) is 7.06. The first-order chi connectivity index (χ1) is 10.0. The molecule has 0 radical (unpaired) electrons. The van der Waals surface area contributed by atoms with Crippen LogP contribution in [0.3, 0.4) is 0 Å². The van der Waals surface area contributed by atoms with Crippen molar-refractivity contribution in [1.82, 2.24) is 4.98 Å². The lowest BCUT2D eigenvalue weighted by Gasteiger charge is -2.40. The Morgan fingerprint density at radius 2 is 2.29 bits per heavy atom. The average molecular weight is 292 g/mol. The lowest BCUT2D eigenvalue weighted by molar-refractivity contribution is -0.149. The summed E-state index contributed by atoms with van der Waals surface area (Å²) in [5.74, 6) is -0.741. The first-order valence-corrected chi connectivity index (χ1v) is 7.06. The Hall–Kier alpha value is -2.11. The molecule has 0 spiro atoms. The molecule has 1 atom stereocenters. The van der Waals surface area contributed by atoms with Crippen LogP contribution in [0.2, 0.25) is 0 Å². The highest BCUT2D eigenvalue weighted by Crippen LogP contribution is 2.36. The maximum Gasteiger partial charge on any atom is 0.341 e. The molecule has 1 aromatic rings. The molecule has 0 aliphatic carbocycles. The molecule has 1 aliphatic heterocycles. The summed E-state index contributed by atoms with van der Waals surface area (Å²) >= 11 is 0. The summed E-state index contributed by atoms with van der Waals surface area (Å²) in [6.45, 7) is 2.94. The first kappa shape index (κ1) is 15.3. The lowest BCUT2D eigenvalue weighted by atomic mass is 9.77. The van der Waals surface area contributed by atoms with E-state index in [1.54, 1.807) is 18.3 Å². The number of pyridine rings is 1. The number of carboxylic acids is 1. The Morgan fingerprint density at radius 1 is 1.52 bits per heavy atom. The number of piperidine rings is 1. The standard InChI is InChI=1S/C15H20N2O4/c1-3-15(14(19)20)7-5-9-17(10-15)12-11(13(18)21-2)6-4-8-16-12/h4,6,8H,3,5,7,9-10H2,1-2H3,(H,19,20). The number of aromatic nitrogens is 1. The van der Waals surface area contributed by atoms with Crippen molar-refractivity contribution in [2.24, 2.45) is 5.41 Å². The van der Waals surface area contributed by atoms with Gasteiger partial charge in [0.25, 0.3) is 0 Å². The molecule has 2 rings (SSSR count). The number of aliphatic carboxylic acids is 1. The fourth-order valence-corrected chi connectivity index (χ4v) is 2.85. The van der Waals surface area contributed by atoms with Crippen molar-refractivity contribution in [1.29, 1.82) is 0 Å². The monoisotopic (exact) mass is 292 g/mol.